The van der Waals surface area contributed by atoms with E-state index in [9.17, 15) is 4.79 Å². The topological polar surface area (TPSA) is 98.1 Å². The van der Waals surface area contributed by atoms with Gasteiger partial charge in [-0.05, 0) is 36.8 Å². The number of aryl methyl sites for hydroxylation is 1. The third-order valence-corrected chi connectivity index (χ3v) is 6.36. The summed E-state index contributed by atoms with van der Waals surface area (Å²) in [7, 11) is 5.17. The number of benzene rings is 2. The first kappa shape index (κ1) is 22.7. The molecule has 5 aromatic rings. The molecule has 35 heavy (non-hydrogen) atoms. The summed E-state index contributed by atoms with van der Waals surface area (Å²) in [6.07, 6.45) is 4.24. The predicted octanol–water partition coefficient (Wildman–Crippen LogP) is 4.38. The first-order chi connectivity index (χ1) is 16.8. The van der Waals surface area contributed by atoms with Crippen LogP contribution in [0.25, 0.3) is 32.2 Å². The zero-order chi connectivity index (χ0) is 24.7. The first-order valence-electron chi connectivity index (χ1n) is 10.8. The van der Waals surface area contributed by atoms with Crippen molar-refractivity contribution >= 4 is 49.9 Å². The zero-order valence-electron chi connectivity index (χ0n) is 19.5. The van der Waals surface area contributed by atoms with Gasteiger partial charge >= 0.3 is 0 Å². The lowest BCUT2D eigenvalue weighted by molar-refractivity contribution is -0.135. The molecule has 5 rings (SSSR count). The van der Waals surface area contributed by atoms with Gasteiger partial charge in [-0.1, -0.05) is 0 Å². The maximum atomic E-state index is 15.2. The average molecular weight is 492 g/mol. The Labute approximate surface area is 204 Å². The van der Waals surface area contributed by atoms with Crippen molar-refractivity contribution in [3.8, 4) is 16.9 Å². The lowest BCUT2D eigenvalue weighted by Gasteiger charge is -2.20. The molecule has 0 radical (unpaired) electrons. The van der Waals surface area contributed by atoms with Crippen molar-refractivity contribution in [2.24, 2.45) is 7.05 Å². The highest BCUT2D eigenvalue weighted by molar-refractivity contribution is 7.16. The molecular weight excluding hydrogens is 469 g/mol. The molecule has 3 aromatic heterocycles. The highest BCUT2D eigenvalue weighted by atomic mass is 32.1. The third kappa shape index (κ3) is 4.26. The maximum Gasteiger partial charge on any atom is 0.262 e. The van der Waals surface area contributed by atoms with Crippen LogP contribution >= 0.6 is 11.3 Å². The first-order valence-corrected chi connectivity index (χ1v) is 11.6. The molecule has 0 aliphatic carbocycles. The van der Waals surface area contributed by atoms with Crippen LogP contribution in [0, 0.1) is 5.82 Å². The molecule has 178 valence electrons. The Morgan fingerprint density at radius 2 is 2.00 bits per heavy atom. The minimum absolute atomic E-state index is 0.196. The maximum absolute atomic E-state index is 15.2. The van der Waals surface area contributed by atoms with Gasteiger partial charge in [0.15, 0.2) is 11.9 Å². The number of nitrogens with one attached hydrogen (secondary N) is 1. The van der Waals surface area contributed by atoms with Gasteiger partial charge in [-0.15, -0.1) is 11.3 Å². The average Bonchev–Trinajstić information content (AvgIpc) is 3.49. The molecule has 0 aliphatic heterocycles. The van der Waals surface area contributed by atoms with Gasteiger partial charge in [0.1, 0.15) is 17.9 Å². The number of rotatable bonds is 6. The summed E-state index contributed by atoms with van der Waals surface area (Å²) in [6, 6.07) is 7.06. The Kier molecular flexibility index (Phi) is 5.77. The Balaban J connectivity index is 1.65. The molecule has 11 heteroatoms. The SMILES string of the molecule is C[C@@H](Oc1cc(-c2cnn(C)c2)cc2ncnc(Nc3ccc4ncsc4c3F)c12)C(=O)N(C)C. The largest absolute Gasteiger partial charge is 0.480 e. The van der Waals surface area contributed by atoms with E-state index in [0.717, 1.165) is 11.1 Å². The summed E-state index contributed by atoms with van der Waals surface area (Å²) in [4.78, 5) is 27.0. The minimum atomic E-state index is -0.768. The lowest BCUT2D eigenvalue weighted by atomic mass is 10.1. The van der Waals surface area contributed by atoms with E-state index >= 15 is 4.39 Å². The fourth-order valence-electron chi connectivity index (χ4n) is 3.80. The third-order valence-electron chi connectivity index (χ3n) is 5.52. The van der Waals surface area contributed by atoms with E-state index in [2.05, 4.69) is 25.4 Å². The number of ether oxygens (including phenoxy) is 1. The number of fused-ring (bicyclic) bond motifs is 2. The van der Waals surface area contributed by atoms with Gasteiger partial charge in [0, 0.05) is 32.9 Å². The van der Waals surface area contributed by atoms with Crippen molar-refractivity contribution < 1.29 is 13.9 Å². The van der Waals surface area contributed by atoms with E-state index in [1.54, 1.807) is 49.5 Å². The van der Waals surface area contributed by atoms with Gasteiger partial charge in [0.05, 0.1) is 38.5 Å². The van der Waals surface area contributed by atoms with E-state index < -0.39 is 11.9 Å². The molecule has 1 amide bonds. The van der Waals surface area contributed by atoms with Crippen LogP contribution < -0.4 is 10.1 Å². The highest BCUT2D eigenvalue weighted by Crippen LogP contribution is 2.38. The molecular formula is C24H22FN7O2S. The van der Waals surface area contributed by atoms with Crippen LogP contribution in [0.2, 0.25) is 0 Å². The fourth-order valence-corrected chi connectivity index (χ4v) is 4.53. The Hall–Kier alpha value is -4.12. The van der Waals surface area contributed by atoms with Crippen LogP contribution in [0.4, 0.5) is 15.9 Å². The number of carbonyl (C=O) groups excluding carboxylic acids is 1. The zero-order valence-corrected chi connectivity index (χ0v) is 20.3. The normalized spacial score (nSPS) is 12.1. The number of hydrogen-bond donors (Lipinski definition) is 1. The van der Waals surface area contributed by atoms with Crippen LogP contribution in [0.1, 0.15) is 6.92 Å². The van der Waals surface area contributed by atoms with Crippen molar-refractivity contribution in [2.45, 2.75) is 13.0 Å². The number of thiazole rings is 1. The number of likely N-dealkylation sites (N-methyl/N-ethyl adjacent to an activating group) is 1. The fraction of sp³-hybridized carbons (Fsp3) is 0.208. The van der Waals surface area contributed by atoms with Crippen molar-refractivity contribution in [3.05, 3.63) is 54.3 Å². The molecule has 1 atom stereocenters. The minimum Gasteiger partial charge on any atom is -0.480 e. The van der Waals surface area contributed by atoms with Gasteiger partial charge in [0.2, 0.25) is 0 Å². The summed E-state index contributed by atoms with van der Waals surface area (Å²) < 4.78 is 23.5. The lowest BCUT2D eigenvalue weighted by Crippen LogP contribution is -2.35. The molecule has 0 saturated carbocycles. The molecule has 1 N–H and O–H groups in total. The number of nitrogens with zero attached hydrogens (tertiary/aromatic N) is 6. The van der Waals surface area contributed by atoms with E-state index in [4.69, 9.17) is 4.74 Å². The smallest absolute Gasteiger partial charge is 0.262 e. The standard InChI is InChI=1S/C24H22FN7O2S/c1-13(24(33)31(2)3)34-19-8-14(15-9-29-32(4)10-15)7-18-20(19)23(27-11-26-18)30-16-5-6-17-22(21(16)25)35-12-28-17/h5-13H,1-4H3,(H,26,27,30)/t13-/m1/s1. The van der Waals surface area contributed by atoms with Crippen LogP contribution in [0.5, 0.6) is 5.75 Å². The van der Waals surface area contributed by atoms with Gasteiger partial charge in [-0.3, -0.25) is 9.48 Å². The molecule has 9 nitrogen and oxygen atoms in total. The highest BCUT2D eigenvalue weighted by Gasteiger charge is 2.21. The molecule has 0 saturated heterocycles. The van der Waals surface area contributed by atoms with E-state index in [1.807, 2.05) is 25.4 Å². The monoisotopic (exact) mass is 491 g/mol. The predicted molar refractivity (Wildman–Crippen MR) is 133 cm³/mol. The van der Waals surface area contributed by atoms with Gasteiger partial charge < -0.3 is 15.0 Å². The molecule has 0 aliphatic rings. The Morgan fingerprint density at radius 1 is 1.17 bits per heavy atom. The summed E-state index contributed by atoms with van der Waals surface area (Å²) in [5, 5.41) is 7.86. The van der Waals surface area contributed by atoms with E-state index in [0.29, 0.717) is 32.7 Å². The Bertz CT molecular complexity index is 1560. The van der Waals surface area contributed by atoms with E-state index in [1.165, 1.54) is 22.6 Å². The molecule has 2 aromatic carbocycles. The summed E-state index contributed by atoms with van der Waals surface area (Å²) in [5.74, 6) is 0.141. The number of amides is 1. The van der Waals surface area contributed by atoms with Gasteiger partial charge in [-0.25, -0.2) is 19.3 Å². The van der Waals surface area contributed by atoms with Gasteiger partial charge in [0.25, 0.3) is 5.91 Å². The van der Waals surface area contributed by atoms with Crippen LogP contribution in [0.3, 0.4) is 0 Å². The van der Waals surface area contributed by atoms with Crippen LogP contribution in [-0.4, -0.2) is 55.7 Å². The summed E-state index contributed by atoms with van der Waals surface area (Å²) in [5.41, 5.74) is 4.69. The molecule has 0 bridgehead atoms. The summed E-state index contributed by atoms with van der Waals surface area (Å²) in [6.45, 7) is 1.68. The number of anilines is 2. The number of hydrogen-bond acceptors (Lipinski definition) is 8. The molecule has 0 spiro atoms. The number of halogens is 1. The van der Waals surface area contributed by atoms with Crippen molar-refractivity contribution in [2.75, 3.05) is 19.4 Å². The second-order valence-corrected chi connectivity index (χ2v) is 9.09. The van der Waals surface area contributed by atoms with Crippen LogP contribution in [-0.2, 0) is 11.8 Å². The van der Waals surface area contributed by atoms with Crippen molar-refractivity contribution in [3.63, 3.8) is 0 Å². The number of aromatic nitrogens is 5. The van der Waals surface area contributed by atoms with Crippen LogP contribution in [0.15, 0.2) is 48.5 Å². The van der Waals surface area contributed by atoms with Gasteiger partial charge in [-0.2, -0.15) is 5.10 Å². The second kappa shape index (κ2) is 8.91. The molecule has 0 unspecified atom stereocenters. The summed E-state index contributed by atoms with van der Waals surface area (Å²) >= 11 is 1.23. The molecule has 0 fully saturated rings. The Morgan fingerprint density at radius 3 is 2.74 bits per heavy atom. The molecule has 3 heterocycles. The van der Waals surface area contributed by atoms with Crippen molar-refractivity contribution in [1.82, 2.24) is 29.6 Å². The van der Waals surface area contributed by atoms with Crippen molar-refractivity contribution in [1.29, 1.82) is 0 Å². The van der Waals surface area contributed by atoms with E-state index in [-0.39, 0.29) is 11.6 Å². The number of carbonyl (C=O) groups is 1. The second-order valence-electron chi connectivity index (χ2n) is 8.24. The quantitative estimate of drug-likeness (QED) is 0.376.